The number of nitrogens with zero attached hydrogens (tertiary/aromatic N) is 2. The molecule has 102 valence electrons. The highest BCUT2D eigenvalue weighted by Gasteiger charge is 2.12. The third kappa shape index (κ3) is 3.33. The SMILES string of the molecule is N#CCCN(Cc1cccc(F)c1F)c1ccccc1. The molecule has 2 rings (SSSR count). The number of para-hydroxylation sites is 1. The van der Waals surface area contributed by atoms with E-state index in [-0.39, 0.29) is 12.1 Å². The van der Waals surface area contributed by atoms with Crippen LogP contribution in [0.25, 0.3) is 0 Å². The van der Waals surface area contributed by atoms with Crippen LogP contribution >= 0.6 is 0 Å². The van der Waals surface area contributed by atoms with Crippen molar-refractivity contribution in [2.45, 2.75) is 13.0 Å². The maximum Gasteiger partial charge on any atom is 0.163 e. The fourth-order valence-electron chi connectivity index (χ4n) is 2.00. The molecule has 0 aliphatic carbocycles. The molecule has 0 spiro atoms. The van der Waals surface area contributed by atoms with E-state index in [1.807, 2.05) is 35.2 Å². The third-order valence-electron chi connectivity index (χ3n) is 3.01. The summed E-state index contributed by atoms with van der Waals surface area (Å²) in [5.74, 6) is -1.68. The number of anilines is 1. The number of benzene rings is 2. The number of hydrogen-bond donors (Lipinski definition) is 0. The number of hydrogen-bond acceptors (Lipinski definition) is 2. The molecule has 2 aromatic carbocycles. The van der Waals surface area contributed by atoms with Crippen LogP contribution in [0.5, 0.6) is 0 Å². The van der Waals surface area contributed by atoms with Crippen molar-refractivity contribution in [1.82, 2.24) is 0 Å². The Bertz CT molecular complexity index is 606. The summed E-state index contributed by atoms with van der Waals surface area (Å²) < 4.78 is 27.0. The van der Waals surface area contributed by atoms with Crippen molar-refractivity contribution < 1.29 is 8.78 Å². The molecular formula is C16H14F2N2. The van der Waals surface area contributed by atoms with E-state index in [4.69, 9.17) is 5.26 Å². The fraction of sp³-hybridized carbons (Fsp3) is 0.188. The number of halogens is 2. The van der Waals surface area contributed by atoms with E-state index < -0.39 is 11.6 Å². The Morgan fingerprint density at radius 3 is 2.45 bits per heavy atom. The average molecular weight is 272 g/mol. The standard InChI is InChI=1S/C16H14F2N2/c17-15-9-4-6-13(16(15)18)12-20(11-5-10-19)14-7-2-1-3-8-14/h1-4,6-9H,5,11-12H2. The van der Waals surface area contributed by atoms with Gasteiger partial charge in [-0.15, -0.1) is 0 Å². The topological polar surface area (TPSA) is 27.0 Å². The summed E-state index contributed by atoms with van der Waals surface area (Å²) in [7, 11) is 0. The van der Waals surface area contributed by atoms with E-state index in [9.17, 15) is 8.78 Å². The normalized spacial score (nSPS) is 10.1. The summed E-state index contributed by atoms with van der Waals surface area (Å²) >= 11 is 0. The molecule has 0 heterocycles. The molecule has 0 amide bonds. The largest absolute Gasteiger partial charge is 0.366 e. The van der Waals surface area contributed by atoms with Gasteiger partial charge in [-0.25, -0.2) is 8.78 Å². The van der Waals surface area contributed by atoms with Crippen molar-refractivity contribution in [3.63, 3.8) is 0 Å². The predicted molar refractivity (Wildman–Crippen MR) is 74.1 cm³/mol. The summed E-state index contributed by atoms with van der Waals surface area (Å²) in [6, 6.07) is 15.6. The monoisotopic (exact) mass is 272 g/mol. The lowest BCUT2D eigenvalue weighted by atomic mass is 10.1. The Kier molecular flexibility index (Phi) is 4.67. The number of nitriles is 1. The average Bonchev–Trinajstić information content (AvgIpc) is 2.48. The maximum absolute atomic E-state index is 13.7. The molecule has 0 atom stereocenters. The van der Waals surface area contributed by atoms with Crippen LogP contribution in [-0.2, 0) is 6.54 Å². The summed E-state index contributed by atoms with van der Waals surface area (Å²) in [6.07, 6.45) is 0.325. The molecule has 0 radical (unpaired) electrons. The molecular weight excluding hydrogens is 258 g/mol. The van der Waals surface area contributed by atoms with Gasteiger partial charge in [0.25, 0.3) is 0 Å². The highest BCUT2D eigenvalue weighted by molar-refractivity contribution is 5.46. The molecule has 0 bridgehead atoms. The molecule has 0 saturated carbocycles. The Morgan fingerprint density at radius 1 is 1.00 bits per heavy atom. The summed E-state index contributed by atoms with van der Waals surface area (Å²) in [5.41, 5.74) is 1.17. The van der Waals surface area contributed by atoms with E-state index in [2.05, 4.69) is 6.07 Å². The van der Waals surface area contributed by atoms with Gasteiger partial charge >= 0.3 is 0 Å². The molecule has 0 fully saturated rings. The van der Waals surface area contributed by atoms with Crippen molar-refractivity contribution in [2.75, 3.05) is 11.4 Å². The van der Waals surface area contributed by atoms with Gasteiger partial charge in [0.15, 0.2) is 11.6 Å². The minimum absolute atomic E-state index is 0.231. The van der Waals surface area contributed by atoms with Crippen molar-refractivity contribution in [1.29, 1.82) is 5.26 Å². The number of rotatable bonds is 5. The van der Waals surface area contributed by atoms with E-state index in [1.165, 1.54) is 6.07 Å². The molecule has 20 heavy (non-hydrogen) atoms. The maximum atomic E-state index is 13.7. The van der Waals surface area contributed by atoms with Gasteiger partial charge in [-0.3, -0.25) is 0 Å². The van der Waals surface area contributed by atoms with Crippen molar-refractivity contribution in [3.05, 3.63) is 65.7 Å². The molecule has 0 saturated heterocycles. The summed E-state index contributed by atoms with van der Waals surface area (Å²) in [5, 5.41) is 8.72. The molecule has 0 aromatic heterocycles. The van der Waals surface area contributed by atoms with Crippen LogP contribution in [0.4, 0.5) is 14.5 Å². The minimum Gasteiger partial charge on any atom is -0.366 e. The van der Waals surface area contributed by atoms with Crippen LogP contribution in [-0.4, -0.2) is 6.54 Å². The van der Waals surface area contributed by atoms with E-state index in [0.717, 1.165) is 11.8 Å². The molecule has 4 heteroatoms. The third-order valence-corrected chi connectivity index (χ3v) is 3.01. The lowest BCUT2D eigenvalue weighted by Crippen LogP contribution is -2.24. The first-order valence-corrected chi connectivity index (χ1v) is 6.32. The summed E-state index contributed by atoms with van der Waals surface area (Å²) in [4.78, 5) is 1.86. The second-order valence-corrected chi connectivity index (χ2v) is 4.38. The van der Waals surface area contributed by atoms with E-state index in [0.29, 0.717) is 13.0 Å². The fourth-order valence-corrected chi connectivity index (χ4v) is 2.00. The zero-order chi connectivity index (χ0) is 14.4. The lowest BCUT2D eigenvalue weighted by molar-refractivity contribution is 0.497. The zero-order valence-electron chi connectivity index (χ0n) is 10.9. The van der Waals surface area contributed by atoms with Crippen molar-refractivity contribution in [2.24, 2.45) is 0 Å². The second kappa shape index (κ2) is 6.67. The van der Waals surface area contributed by atoms with Crippen LogP contribution in [0.1, 0.15) is 12.0 Å². The first-order chi connectivity index (χ1) is 9.72. The van der Waals surface area contributed by atoms with Crippen LogP contribution in [0.3, 0.4) is 0 Å². The Hall–Kier alpha value is -2.41. The van der Waals surface area contributed by atoms with Crippen LogP contribution in [0, 0.1) is 23.0 Å². The van der Waals surface area contributed by atoms with E-state index >= 15 is 0 Å². The minimum atomic E-state index is -0.851. The van der Waals surface area contributed by atoms with Crippen LogP contribution in [0.15, 0.2) is 48.5 Å². The zero-order valence-corrected chi connectivity index (χ0v) is 10.9. The van der Waals surface area contributed by atoms with Gasteiger partial charge < -0.3 is 4.90 Å². The van der Waals surface area contributed by atoms with Crippen LogP contribution < -0.4 is 4.90 Å². The molecule has 0 N–H and O–H groups in total. The van der Waals surface area contributed by atoms with E-state index in [1.54, 1.807) is 6.07 Å². The molecule has 0 unspecified atom stereocenters. The quantitative estimate of drug-likeness (QED) is 0.825. The van der Waals surface area contributed by atoms with Crippen molar-refractivity contribution in [3.8, 4) is 6.07 Å². The van der Waals surface area contributed by atoms with Crippen molar-refractivity contribution >= 4 is 5.69 Å². The Morgan fingerprint density at radius 2 is 1.75 bits per heavy atom. The van der Waals surface area contributed by atoms with Gasteiger partial charge in [-0.2, -0.15) is 5.26 Å². The van der Waals surface area contributed by atoms with Gasteiger partial charge in [0, 0.05) is 24.3 Å². The first kappa shape index (κ1) is 14.0. The molecule has 0 aliphatic heterocycles. The van der Waals surface area contributed by atoms with Gasteiger partial charge in [-0.1, -0.05) is 30.3 Å². The Labute approximate surface area is 116 Å². The van der Waals surface area contributed by atoms with Gasteiger partial charge in [-0.05, 0) is 18.2 Å². The highest BCUT2D eigenvalue weighted by Crippen LogP contribution is 2.19. The van der Waals surface area contributed by atoms with Gasteiger partial charge in [0.2, 0.25) is 0 Å². The highest BCUT2D eigenvalue weighted by atomic mass is 19.2. The smallest absolute Gasteiger partial charge is 0.163 e. The van der Waals surface area contributed by atoms with Gasteiger partial charge in [0.1, 0.15) is 0 Å². The van der Waals surface area contributed by atoms with Crippen LogP contribution in [0.2, 0.25) is 0 Å². The van der Waals surface area contributed by atoms with Gasteiger partial charge in [0.05, 0.1) is 12.5 Å². The molecule has 2 nitrogen and oxygen atoms in total. The first-order valence-electron chi connectivity index (χ1n) is 6.32. The lowest BCUT2D eigenvalue weighted by Gasteiger charge is -2.24. The molecule has 0 aliphatic rings. The summed E-state index contributed by atoms with van der Waals surface area (Å²) in [6.45, 7) is 0.700. The second-order valence-electron chi connectivity index (χ2n) is 4.38. The molecule has 2 aromatic rings. The Balaban J connectivity index is 2.24. The predicted octanol–water partition coefficient (Wildman–Crippen LogP) is 3.89.